The van der Waals surface area contributed by atoms with Crippen molar-refractivity contribution in [1.82, 2.24) is 20.1 Å². The Bertz CT molecular complexity index is 732. The van der Waals surface area contributed by atoms with Crippen LogP contribution in [-0.2, 0) is 11.3 Å². The van der Waals surface area contributed by atoms with E-state index in [4.69, 9.17) is 4.74 Å². The lowest BCUT2D eigenvalue weighted by Crippen LogP contribution is -2.41. The first-order chi connectivity index (χ1) is 12.6. The molecule has 2 N–H and O–H groups in total. The van der Waals surface area contributed by atoms with Crippen LogP contribution in [-0.4, -0.2) is 39.0 Å². The van der Waals surface area contributed by atoms with Crippen LogP contribution < -0.4 is 10.1 Å². The molecule has 1 saturated carbocycles. The number of aromatic nitrogens is 3. The highest BCUT2D eigenvalue weighted by Crippen LogP contribution is 2.39. The fourth-order valence-corrected chi connectivity index (χ4v) is 3.25. The molecule has 7 nitrogen and oxygen atoms in total. The summed E-state index contributed by atoms with van der Waals surface area (Å²) < 4.78 is 20.7. The number of hydrogen-bond donors (Lipinski definition) is 2. The zero-order valence-electron chi connectivity index (χ0n) is 14.6. The summed E-state index contributed by atoms with van der Waals surface area (Å²) in [6, 6.07) is 4.39. The van der Waals surface area contributed by atoms with Gasteiger partial charge in [0.2, 0.25) is 5.91 Å². The van der Waals surface area contributed by atoms with Crippen LogP contribution in [0, 0.1) is 11.7 Å². The monoisotopic (exact) mass is 362 g/mol. The van der Waals surface area contributed by atoms with Crippen molar-refractivity contribution in [3.63, 3.8) is 0 Å². The number of hydrogen-bond acceptors (Lipinski definition) is 5. The van der Waals surface area contributed by atoms with Crippen molar-refractivity contribution in [3.05, 3.63) is 42.2 Å². The first kappa shape index (κ1) is 18.3. The normalized spacial score (nSPS) is 20.3. The van der Waals surface area contributed by atoms with E-state index in [9.17, 15) is 14.3 Å². The van der Waals surface area contributed by atoms with Gasteiger partial charge in [0.05, 0.1) is 19.3 Å². The molecule has 1 fully saturated rings. The van der Waals surface area contributed by atoms with Crippen LogP contribution in [0.5, 0.6) is 5.75 Å². The highest BCUT2D eigenvalue weighted by molar-refractivity contribution is 5.76. The molecule has 1 aliphatic rings. The molecule has 1 atom stereocenters. The van der Waals surface area contributed by atoms with Crippen molar-refractivity contribution in [2.75, 3.05) is 7.11 Å². The minimum atomic E-state index is -0.463. The van der Waals surface area contributed by atoms with E-state index in [1.165, 1.54) is 19.5 Å². The highest BCUT2D eigenvalue weighted by atomic mass is 19.1. The molecular formula is C18H23FN4O3. The van der Waals surface area contributed by atoms with Gasteiger partial charge in [-0.2, -0.15) is 5.10 Å². The van der Waals surface area contributed by atoms with Gasteiger partial charge < -0.3 is 15.2 Å². The molecule has 3 rings (SSSR count). The number of aliphatic hydroxyl groups is 1. The summed E-state index contributed by atoms with van der Waals surface area (Å²) in [5.74, 6) is -0.305. The van der Waals surface area contributed by atoms with E-state index in [2.05, 4.69) is 15.4 Å². The SMILES string of the molecule is COc1ccc([C@@H](NC(=O)CCCn2cncn2)C2CC(O)C2)cc1F. The lowest BCUT2D eigenvalue weighted by molar-refractivity contribution is -0.123. The molecule has 2 aromatic rings. The number of methoxy groups -OCH3 is 1. The molecule has 1 aromatic heterocycles. The number of benzene rings is 1. The van der Waals surface area contributed by atoms with E-state index in [1.807, 2.05) is 0 Å². The largest absolute Gasteiger partial charge is 0.494 e. The smallest absolute Gasteiger partial charge is 0.220 e. The van der Waals surface area contributed by atoms with Gasteiger partial charge in [0.15, 0.2) is 11.6 Å². The van der Waals surface area contributed by atoms with Gasteiger partial charge in [0, 0.05) is 13.0 Å². The fraction of sp³-hybridized carbons (Fsp3) is 0.500. The second-order valence-electron chi connectivity index (χ2n) is 6.59. The van der Waals surface area contributed by atoms with E-state index in [0.29, 0.717) is 37.8 Å². The first-order valence-electron chi connectivity index (χ1n) is 8.70. The van der Waals surface area contributed by atoms with Crippen molar-refractivity contribution >= 4 is 5.91 Å². The Morgan fingerprint density at radius 1 is 1.50 bits per heavy atom. The molecule has 1 heterocycles. The average molecular weight is 362 g/mol. The van der Waals surface area contributed by atoms with Gasteiger partial charge in [-0.15, -0.1) is 0 Å². The maximum atomic E-state index is 14.1. The Morgan fingerprint density at radius 2 is 2.31 bits per heavy atom. The number of rotatable bonds is 8. The number of carbonyl (C=O) groups excluding carboxylic acids is 1. The zero-order valence-corrected chi connectivity index (χ0v) is 14.6. The van der Waals surface area contributed by atoms with Gasteiger partial charge in [-0.05, 0) is 42.9 Å². The number of aliphatic hydroxyl groups excluding tert-OH is 1. The first-order valence-corrected chi connectivity index (χ1v) is 8.70. The van der Waals surface area contributed by atoms with E-state index in [0.717, 1.165) is 0 Å². The van der Waals surface area contributed by atoms with Crippen LogP contribution in [0.3, 0.4) is 0 Å². The van der Waals surface area contributed by atoms with Gasteiger partial charge in [-0.1, -0.05) is 6.07 Å². The standard InChI is InChI=1S/C18H23FN4O3/c1-26-16-5-4-12(9-15(16)19)18(13-7-14(24)8-13)22-17(25)3-2-6-23-11-20-10-21-23/h4-5,9-11,13-14,18,24H,2-3,6-8H2,1H3,(H,22,25)/t13?,14?,18-/m1/s1. The number of nitrogens with zero attached hydrogens (tertiary/aromatic N) is 3. The summed E-state index contributed by atoms with van der Waals surface area (Å²) in [5.41, 5.74) is 0.685. The Balaban J connectivity index is 1.62. The highest BCUT2D eigenvalue weighted by Gasteiger charge is 2.35. The molecular weight excluding hydrogens is 339 g/mol. The van der Waals surface area contributed by atoms with E-state index in [1.54, 1.807) is 23.1 Å². The summed E-state index contributed by atoms with van der Waals surface area (Å²) >= 11 is 0. The van der Waals surface area contributed by atoms with Gasteiger partial charge in [0.25, 0.3) is 0 Å². The van der Waals surface area contributed by atoms with Gasteiger partial charge in [-0.3, -0.25) is 9.48 Å². The topological polar surface area (TPSA) is 89.3 Å². The lowest BCUT2D eigenvalue weighted by Gasteiger charge is -2.38. The van der Waals surface area contributed by atoms with Gasteiger partial charge >= 0.3 is 0 Å². The molecule has 1 aromatic carbocycles. The zero-order chi connectivity index (χ0) is 18.5. The summed E-state index contributed by atoms with van der Waals surface area (Å²) in [5, 5.41) is 16.6. The second kappa shape index (κ2) is 8.27. The van der Waals surface area contributed by atoms with E-state index >= 15 is 0 Å². The molecule has 0 saturated heterocycles. The molecule has 0 bridgehead atoms. The third kappa shape index (κ3) is 4.37. The number of ether oxygens (including phenoxy) is 1. The predicted molar refractivity (Wildman–Crippen MR) is 91.8 cm³/mol. The van der Waals surface area contributed by atoms with E-state index in [-0.39, 0.29) is 29.7 Å². The number of nitrogens with one attached hydrogen (secondary N) is 1. The Kier molecular flexibility index (Phi) is 5.82. The van der Waals surface area contributed by atoms with E-state index < -0.39 is 5.82 Å². The second-order valence-corrected chi connectivity index (χ2v) is 6.59. The lowest BCUT2D eigenvalue weighted by atomic mass is 9.75. The third-order valence-corrected chi connectivity index (χ3v) is 4.73. The van der Waals surface area contributed by atoms with Crippen LogP contribution >= 0.6 is 0 Å². The maximum absolute atomic E-state index is 14.1. The fourth-order valence-electron chi connectivity index (χ4n) is 3.25. The molecule has 0 radical (unpaired) electrons. The minimum absolute atomic E-state index is 0.0945. The summed E-state index contributed by atoms with van der Waals surface area (Å²) in [7, 11) is 1.41. The Morgan fingerprint density at radius 3 is 2.92 bits per heavy atom. The number of carbonyl (C=O) groups is 1. The van der Waals surface area contributed by atoms with Crippen LogP contribution in [0.4, 0.5) is 4.39 Å². The van der Waals surface area contributed by atoms with Crippen LogP contribution in [0.1, 0.15) is 37.3 Å². The molecule has 0 aliphatic heterocycles. The minimum Gasteiger partial charge on any atom is -0.494 e. The van der Waals surface area contributed by atoms with Crippen molar-refractivity contribution in [1.29, 1.82) is 0 Å². The molecule has 0 spiro atoms. The van der Waals surface area contributed by atoms with Crippen LogP contribution in [0.15, 0.2) is 30.9 Å². The van der Waals surface area contributed by atoms with Crippen LogP contribution in [0.2, 0.25) is 0 Å². The summed E-state index contributed by atoms with van der Waals surface area (Å²) in [6.07, 6.45) is 4.87. The van der Waals surface area contributed by atoms with Gasteiger partial charge in [-0.25, -0.2) is 9.37 Å². The molecule has 8 heteroatoms. The maximum Gasteiger partial charge on any atom is 0.220 e. The number of amides is 1. The predicted octanol–water partition coefficient (Wildman–Crippen LogP) is 1.83. The van der Waals surface area contributed by atoms with Crippen molar-refractivity contribution < 1.29 is 19.0 Å². The summed E-state index contributed by atoms with van der Waals surface area (Å²) in [6.45, 7) is 0.609. The molecule has 26 heavy (non-hydrogen) atoms. The molecule has 0 unspecified atom stereocenters. The average Bonchev–Trinajstić information content (AvgIpc) is 3.10. The van der Waals surface area contributed by atoms with Gasteiger partial charge in [0.1, 0.15) is 12.7 Å². The Hall–Kier alpha value is -2.48. The number of halogens is 1. The van der Waals surface area contributed by atoms with Crippen molar-refractivity contribution in [3.8, 4) is 5.75 Å². The molecule has 1 aliphatic carbocycles. The number of aryl methyl sites for hydroxylation is 1. The Labute approximate surface area is 151 Å². The van der Waals surface area contributed by atoms with Crippen molar-refractivity contribution in [2.24, 2.45) is 5.92 Å². The quantitative estimate of drug-likeness (QED) is 0.748. The van der Waals surface area contributed by atoms with Crippen LogP contribution in [0.25, 0.3) is 0 Å². The third-order valence-electron chi connectivity index (χ3n) is 4.73. The molecule has 1 amide bonds. The summed E-state index contributed by atoms with van der Waals surface area (Å²) in [4.78, 5) is 16.2. The molecule has 140 valence electrons. The van der Waals surface area contributed by atoms with Crippen molar-refractivity contribution in [2.45, 2.75) is 44.4 Å².